The summed E-state index contributed by atoms with van der Waals surface area (Å²) in [6, 6.07) is 4.30. The van der Waals surface area contributed by atoms with Crippen molar-refractivity contribution in [1.82, 2.24) is 9.88 Å². The van der Waals surface area contributed by atoms with Crippen LogP contribution in [0.2, 0.25) is 0 Å². The Balaban J connectivity index is 1.68. The van der Waals surface area contributed by atoms with Crippen molar-refractivity contribution < 1.29 is 9.84 Å². The molecule has 0 amide bonds. The van der Waals surface area contributed by atoms with Gasteiger partial charge in [-0.1, -0.05) is 13.8 Å². The quantitative estimate of drug-likeness (QED) is 0.918. The van der Waals surface area contributed by atoms with Crippen LogP contribution >= 0.6 is 0 Å². The molecule has 1 N–H and O–H groups in total. The lowest BCUT2D eigenvalue weighted by molar-refractivity contribution is -0.121. The van der Waals surface area contributed by atoms with Crippen molar-refractivity contribution in [2.45, 2.75) is 51.4 Å². The van der Waals surface area contributed by atoms with Crippen LogP contribution in [0.5, 0.6) is 0 Å². The molecule has 23 heavy (non-hydrogen) atoms. The molecule has 3 heterocycles. The summed E-state index contributed by atoms with van der Waals surface area (Å²) in [6.45, 7) is 12.7. The molecule has 2 fully saturated rings. The van der Waals surface area contributed by atoms with Crippen molar-refractivity contribution in [1.29, 1.82) is 0 Å². The molecule has 2 aliphatic rings. The molecule has 0 aromatic carbocycles. The number of aliphatic hydroxyl groups is 1. The number of anilines is 1. The van der Waals surface area contributed by atoms with Crippen LogP contribution in [0.15, 0.2) is 18.3 Å². The highest BCUT2D eigenvalue weighted by Crippen LogP contribution is 2.30. The van der Waals surface area contributed by atoms with Gasteiger partial charge >= 0.3 is 0 Å². The normalized spacial score (nSPS) is 24.1. The zero-order chi connectivity index (χ0) is 16.6. The van der Waals surface area contributed by atoms with E-state index in [-0.39, 0.29) is 17.7 Å². The summed E-state index contributed by atoms with van der Waals surface area (Å²) in [4.78, 5) is 9.26. The first kappa shape index (κ1) is 16.7. The van der Waals surface area contributed by atoms with Gasteiger partial charge in [0.1, 0.15) is 0 Å². The highest BCUT2D eigenvalue weighted by atomic mass is 16.5. The van der Waals surface area contributed by atoms with Gasteiger partial charge in [-0.3, -0.25) is 9.88 Å². The van der Waals surface area contributed by atoms with Crippen LogP contribution in [-0.2, 0) is 4.74 Å². The number of morpholine rings is 1. The maximum Gasteiger partial charge on any atom is 0.0928 e. The number of aliphatic hydroxyl groups excluding tert-OH is 1. The van der Waals surface area contributed by atoms with Gasteiger partial charge in [-0.15, -0.1) is 0 Å². The third-order valence-electron chi connectivity index (χ3n) is 5.26. The van der Waals surface area contributed by atoms with Crippen LogP contribution in [0.25, 0.3) is 0 Å². The molecule has 0 spiro atoms. The van der Waals surface area contributed by atoms with Gasteiger partial charge in [0.25, 0.3) is 0 Å². The minimum Gasteiger partial charge on any atom is -0.390 e. The van der Waals surface area contributed by atoms with E-state index in [0.29, 0.717) is 5.92 Å². The fraction of sp³-hybridized carbons (Fsp3) is 0.722. The van der Waals surface area contributed by atoms with E-state index >= 15 is 0 Å². The molecule has 2 saturated heterocycles. The van der Waals surface area contributed by atoms with Gasteiger partial charge in [0.05, 0.1) is 30.7 Å². The number of pyridine rings is 1. The highest BCUT2D eigenvalue weighted by molar-refractivity contribution is 5.45. The van der Waals surface area contributed by atoms with E-state index in [0.717, 1.165) is 38.5 Å². The Kier molecular flexibility index (Phi) is 4.63. The largest absolute Gasteiger partial charge is 0.390 e. The molecule has 0 bridgehead atoms. The van der Waals surface area contributed by atoms with Gasteiger partial charge < -0.3 is 14.7 Å². The van der Waals surface area contributed by atoms with Crippen molar-refractivity contribution in [2.24, 2.45) is 0 Å². The standard InChI is InChI=1S/C18H29N3O2/c1-13(2)16-6-5-14(9-19-16)20-7-8-23-17(12-20)18(3,4)21-10-15(22)11-21/h5-6,9,13,15,17,22H,7-8,10-12H2,1-4H3/t17-/m0/s1. The Morgan fingerprint density at radius 1 is 1.26 bits per heavy atom. The summed E-state index contributed by atoms with van der Waals surface area (Å²) < 4.78 is 6.06. The van der Waals surface area contributed by atoms with Crippen LogP contribution in [0.3, 0.4) is 0 Å². The molecule has 3 rings (SSSR count). The summed E-state index contributed by atoms with van der Waals surface area (Å²) in [5.74, 6) is 0.457. The predicted octanol–water partition coefficient (Wildman–Crippen LogP) is 1.87. The number of hydrogen-bond donors (Lipinski definition) is 1. The third kappa shape index (κ3) is 3.37. The number of hydrogen-bond acceptors (Lipinski definition) is 5. The summed E-state index contributed by atoms with van der Waals surface area (Å²) in [5, 5.41) is 9.58. The first-order chi connectivity index (χ1) is 10.9. The molecule has 1 atom stereocenters. The second-order valence-corrected chi connectivity index (χ2v) is 7.61. The maximum absolute atomic E-state index is 9.58. The molecule has 0 saturated carbocycles. The van der Waals surface area contributed by atoms with Crippen molar-refractivity contribution in [2.75, 3.05) is 37.7 Å². The smallest absolute Gasteiger partial charge is 0.0928 e. The van der Waals surface area contributed by atoms with E-state index in [2.05, 4.69) is 54.6 Å². The lowest BCUT2D eigenvalue weighted by atomic mass is 9.89. The maximum atomic E-state index is 9.58. The second kappa shape index (κ2) is 6.38. The summed E-state index contributed by atoms with van der Waals surface area (Å²) in [5.41, 5.74) is 2.24. The lowest BCUT2D eigenvalue weighted by Gasteiger charge is -2.52. The van der Waals surface area contributed by atoms with Crippen LogP contribution in [0.1, 0.15) is 39.3 Å². The van der Waals surface area contributed by atoms with E-state index in [1.165, 1.54) is 5.69 Å². The van der Waals surface area contributed by atoms with E-state index in [1.807, 2.05) is 6.20 Å². The zero-order valence-corrected chi connectivity index (χ0v) is 14.7. The number of nitrogens with zero attached hydrogens (tertiary/aromatic N) is 3. The number of rotatable bonds is 4. The van der Waals surface area contributed by atoms with E-state index in [9.17, 15) is 5.11 Å². The second-order valence-electron chi connectivity index (χ2n) is 7.61. The number of aromatic nitrogens is 1. The number of ether oxygens (including phenoxy) is 1. The molecular weight excluding hydrogens is 290 g/mol. The van der Waals surface area contributed by atoms with E-state index in [4.69, 9.17) is 4.74 Å². The summed E-state index contributed by atoms with van der Waals surface area (Å²) in [7, 11) is 0. The SMILES string of the molecule is CC(C)c1ccc(N2CCO[C@H](C(C)(C)N3CC(O)C3)C2)cn1. The first-order valence-electron chi connectivity index (χ1n) is 8.63. The molecule has 128 valence electrons. The fourth-order valence-electron chi connectivity index (χ4n) is 3.37. The average molecular weight is 319 g/mol. The Labute approximate surface area is 139 Å². The van der Waals surface area contributed by atoms with Gasteiger partial charge in [0, 0.05) is 37.4 Å². The van der Waals surface area contributed by atoms with Crippen LogP contribution in [0.4, 0.5) is 5.69 Å². The van der Waals surface area contributed by atoms with Gasteiger partial charge in [-0.05, 0) is 31.9 Å². The topological polar surface area (TPSA) is 48.8 Å². The third-order valence-corrected chi connectivity index (χ3v) is 5.26. The van der Waals surface area contributed by atoms with E-state index < -0.39 is 0 Å². The molecule has 0 unspecified atom stereocenters. The molecule has 5 heteroatoms. The minimum absolute atomic E-state index is 0.0663. The minimum atomic E-state index is -0.179. The van der Waals surface area contributed by atoms with Crippen molar-refractivity contribution in [3.8, 4) is 0 Å². The van der Waals surface area contributed by atoms with Gasteiger partial charge in [0.2, 0.25) is 0 Å². The van der Waals surface area contributed by atoms with Gasteiger partial charge in [0.15, 0.2) is 0 Å². The Bertz CT molecular complexity index is 524. The fourth-order valence-corrected chi connectivity index (χ4v) is 3.37. The number of β-amino-alcohol motifs (C(OH)–C–C–N with tert-alkyl or cyclic N) is 1. The van der Waals surface area contributed by atoms with Gasteiger partial charge in [-0.2, -0.15) is 0 Å². The van der Waals surface area contributed by atoms with Crippen molar-refractivity contribution in [3.63, 3.8) is 0 Å². The highest BCUT2D eigenvalue weighted by Gasteiger charge is 2.44. The zero-order valence-electron chi connectivity index (χ0n) is 14.7. The van der Waals surface area contributed by atoms with Gasteiger partial charge in [-0.25, -0.2) is 0 Å². The molecule has 0 radical (unpaired) electrons. The molecule has 2 aliphatic heterocycles. The molecule has 0 aliphatic carbocycles. The first-order valence-corrected chi connectivity index (χ1v) is 8.63. The monoisotopic (exact) mass is 319 g/mol. The van der Waals surface area contributed by atoms with Crippen LogP contribution < -0.4 is 4.90 Å². The Hall–Kier alpha value is -1.17. The number of likely N-dealkylation sites (tertiary alicyclic amines) is 1. The van der Waals surface area contributed by atoms with Crippen LogP contribution in [-0.4, -0.2) is 65.5 Å². The predicted molar refractivity (Wildman–Crippen MR) is 91.9 cm³/mol. The Morgan fingerprint density at radius 3 is 2.57 bits per heavy atom. The van der Waals surface area contributed by atoms with Crippen LogP contribution in [0, 0.1) is 0 Å². The Morgan fingerprint density at radius 2 is 2.00 bits per heavy atom. The lowest BCUT2D eigenvalue weighted by Crippen LogP contribution is -2.67. The molecular formula is C18H29N3O2. The van der Waals surface area contributed by atoms with Crippen molar-refractivity contribution in [3.05, 3.63) is 24.0 Å². The molecule has 1 aromatic rings. The van der Waals surface area contributed by atoms with Crippen molar-refractivity contribution >= 4 is 5.69 Å². The molecule has 5 nitrogen and oxygen atoms in total. The summed E-state index contributed by atoms with van der Waals surface area (Å²) in [6.07, 6.45) is 1.94. The average Bonchev–Trinajstić information content (AvgIpc) is 2.52. The summed E-state index contributed by atoms with van der Waals surface area (Å²) >= 11 is 0. The molecule has 1 aromatic heterocycles. The van der Waals surface area contributed by atoms with E-state index in [1.54, 1.807) is 0 Å².